The van der Waals surface area contributed by atoms with Crippen molar-refractivity contribution >= 4 is 12.4 Å². The first kappa shape index (κ1) is 29.1. The highest BCUT2D eigenvalue weighted by molar-refractivity contribution is 5.83. The second-order valence-corrected chi connectivity index (χ2v) is 9.31. The second kappa shape index (κ2) is 16.5. The van der Waals surface area contributed by atoms with Gasteiger partial charge in [-0.1, -0.05) is 92.1 Å². The monoisotopic (exact) mass is 487 g/mol. The van der Waals surface area contributed by atoms with Crippen LogP contribution in [0.2, 0.25) is 0 Å². The number of ether oxygens (including phenoxy) is 2. The molecule has 0 spiro atoms. The first-order valence-electron chi connectivity index (χ1n) is 12.6. The summed E-state index contributed by atoms with van der Waals surface area (Å²) in [6.45, 7) is 10.4. The van der Waals surface area contributed by atoms with Crippen LogP contribution in [-0.2, 0) is 19.1 Å². The molecule has 0 saturated heterocycles. The van der Waals surface area contributed by atoms with Gasteiger partial charge in [-0.3, -0.25) is 4.79 Å². The molecule has 2 aromatic rings. The average molecular weight is 488 g/mol. The Balaban J connectivity index is 1.88. The Hall–Kier alpha value is -3.14. The van der Waals surface area contributed by atoms with E-state index in [1.807, 2.05) is 74.0 Å². The lowest BCUT2D eigenvalue weighted by Crippen LogP contribution is -2.12. The first-order valence-corrected chi connectivity index (χ1v) is 12.6. The lowest BCUT2D eigenvalue weighted by atomic mass is 9.94. The zero-order valence-corrected chi connectivity index (χ0v) is 21.8. The van der Waals surface area contributed by atoms with Crippen molar-refractivity contribution < 1.29 is 19.1 Å². The third kappa shape index (κ3) is 11.1. The highest BCUT2D eigenvalue weighted by atomic mass is 16.5. The van der Waals surface area contributed by atoms with Crippen molar-refractivity contribution in [2.24, 2.45) is 5.92 Å². The molecule has 0 fully saturated rings. The molecule has 0 amide bonds. The van der Waals surface area contributed by atoms with Gasteiger partial charge in [-0.05, 0) is 69.1 Å². The summed E-state index contributed by atoms with van der Waals surface area (Å²) in [5.41, 5.74) is 3.98. The Morgan fingerprint density at radius 1 is 0.917 bits per heavy atom. The van der Waals surface area contributed by atoms with Gasteiger partial charge in [0, 0.05) is 12.5 Å². The van der Waals surface area contributed by atoms with Crippen LogP contribution in [0.15, 0.2) is 84.0 Å². The highest BCUT2D eigenvalue weighted by Crippen LogP contribution is 2.26. The predicted molar refractivity (Wildman–Crippen MR) is 145 cm³/mol. The van der Waals surface area contributed by atoms with E-state index in [0.717, 1.165) is 48.8 Å². The number of carbonyl (C=O) groups excluding carboxylic acids is 2. The van der Waals surface area contributed by atoms with E-state index in [0.29, 0.717) is 12.4 Å². The molecule has 1 unspecified atom stereocenters. The third-order valence-corrected chi connectivity index (χ3v) is 5.95. The van der Waals surface area contributed by atoms with E-state index < -0.39 is 6.10 Å². The Labute approximate surface area is 217 Å². The lowest BCUT2D eigenvalue weighted by molar-refractivity contribution is -0.141. The smallest absolute Gasteiger partial charge is 0.331 e. The van der Waals surface area contributed by atoms with E-state index in [2.05, 4.69) is 26.8 Å². The molecule has 36 heavy (non-hydrogen) atoms. The fourth-order valence-electron chi connectivity index (χ4n) is 4.33. The maximum Gasteiger partial charge on any atom is 0.331 e. The number of allylic oxidation sites excluding steroid dienone is 3. The van der Waals surface area contributed by atoms with Crippen LogP contribution in [0, 0.1) is 25.7 Å². The van der Waals surface area contributed by atoms with Gasteiger partial charge >= 0.3 is 5.97 Å². The maximum atomic E-state index is 12.8. The number of unbranched alkanes of at least 4 members (excludes halogenated alkanes) is 1. The summed E-state index contributed by atoms with van der Waals surface area (Å²) in [5.74, 6) is 0.168. The molecule has 0 aliphatic heterocycles. The van der Waals surface area contributed by atoms with Crippen molar-refractivity contribution in [3.63, 3.8) is 0 Å². The van der Waals surface area contributed by atoms with Crippen molar-refractivity contribution in [3.8, 4) is 0 Å². The molecular formula is C32H39O4. The molecule has 0 bridgehead atoms. The molecule has 0 aliphatic rings. The van der Waals surface area contributed by atoms with Gasteiger partial charge < -0.3 is 9.47 Å². The Bertz CT molecular complexity index is 923. The van der Waals surface area contributed by atoms with Crippen molar-refractivity contribution in [1.29, 1.82) is 0 Å². The molecule has 3 radical (unpaired) electrons. The molecule has 0 saturated carbocycles. The highest BCUT2D eigenvalue weighted by Gasteiger charge is 2.18. The molecule has 4 nitrogen and oxygen atoms in total. The number of hydrogen-bond acceptors (Lipinski definition) is 4. The van der Waals surface area contributed by atoms with Gasteiger partial charge in [-0.15, -0.1) is 0 Å². The quantitative estimate of drug-likeness (QED) is 0.0805. The molecule has 2 atom stereocenters. The molecule has 0 N–H and O–H groups in total. The number of carbonyl (C=O) groups is 2. The van der Waals surface area contributed by atoms with E-state index in [1.54, 1.807) is 12.5 Å². The van der Waals surface area contributed by atoms with Gasteiger partial charge in [0.1, 0.15) is 6.10 Å². The summed E-state index contributed by atoms with van der Waals surface area (Å²) in [7, 11) is 0. The summed E-state index contributed by atoms with van der Waals surface area (Å²) in [6.07, 6.45) is 11.4. The minimum atomic E-state index is -0.449. The van der Waals surface area contributed by atoms with E-state index in [9.17, 15) is 9.59 Å². The summed E-state index contributed by atoms with van der Waals surface area (Å²) in [5, 5.41) is 0. The van der Waals surface area contributed by atoms with Gasteiger partial charge in [-0.2, -0.15) is 0 Å². The van der Waals surface area contributed by atoms with Crippen LogP contribution in [-0.4, -0.2) is 18.5 Å². The van der Waals surface area contributed by atoms with Crippen molar-refractivity contribution in [3.05, 3.63) is 115 Å². The zero-order chi connectivity index (χ0) is 26.2. The average Bonchev–Trinajstić information content (AvgIpc) is 2.86. The van der Waals surface area contributed by atoms with Gasteiger partial charge in [0.15, 0.2) is 6.10 Å². The lowest BCUT2D eigenvalue weighted by Gasteiger charge is -2.18. The molecule has 0 aliphatic carbocycles. The Morgan fingerprint density at radius 2 is 1.50 bits per heavy atom. The van der Waals surface area contributed by atoms with Crippen LogP contribution in [0.4, 0.5) is 0 Å². The molecule has 191 valence electrons. The zero-order valence-electron chi connectivity index (χ0n) is 21.8. The first-order chi connectivity index (χ1) is 17.4. The predicted octanol–water partition coefficient (Wildman–Crippen LogP) is 7.58. The van der Waals surface area contributed by atoms with E-state index in [-0.39, 0.29) is 12.1 Å². The standard InChI is InChI=1S/C32H39O4/c1-5-14-30(35-24-33)20-13-12-15-25(2)21-26(3)22-27(4)23-31(34)36-32(28-16-8-6-9-17-28)29-18-10-7-11-19-29/h5-11,14,16-19,22-25,30,32H,1,12-13,15,20-21H2,2-4H3/b26-22+,27-23+/t25-,30?/m1/s1. The number of benzene rings is 2. The van der Waals surface area contributed by atoms with Crippen LogP contribution in [0.25, 0.3) is 0 Å². The Kier molecular flexibility index (Phi) is 13.3. The summed E-state index contributed by atoms with van der Waals surface area (Å²) >= 11 is 0. The SMILES string of the molecule is [CH2][CH][CH]C(CCCC[C@@H](C)C/C(C)=C/C(C)=C/C(=O)OC(c1ccccc1)c1ccccc1)OC=O. The van der Waals surface area contributed by atoms with Crippen molar-refractivity contribution in [2.75, 3.05) is 0 Å². The molecule has 0 aromatic heterocycles. The maximum absolute atomic E-state index is 12.8. The molecule has 4 heteroatoms. The topological polar surface area (TPSA) is 52.6 Å². The van der Waals surface area contributed by atoms with Gasteiger partial charge in [0.25, 0.3) is 6.47 Å². The van der Waals surface area contributed by atoms with Crippen LogP contribution in [0.3, 0.4) is 0 Å². The van der Waals surface area contributed by atoms with Crippen LogP contribution in [0.5, 0.6) is 0 Å². The fourth-order valence-corrected chi connectivity index (χ4v) is 4.33. The summed E-state index contributed by atoms with van der Waals surface area (Å²) in [4.78, 5) is 23.3. The summed E-state index contributed by atoms with van der Waals surface area (Å²) < 4.78 is 10.9. The minimum Gasteiger partial charge on any atom is -0.464 e. The molecule has 0 heterocycles. The van der Waals surface area contributed by atoms with E-state index in [1.165, 1.54) is 5.57 Å². The molecule has 2 aromatic carbocycles. The molecule has 2 rings (SSSR count). The van der Waals surface area contributed by atoms with Crippen molar-refractivity contribution in [1.82, 2.24) is 0 Å². The van der Waals surface area contributed by atoms with Crippen LogP contribution in [0.1, 0.15) is 70.1 Å². The van der Waals surface area contributed by atoms with Gasteiger partial charge in [0.2, 0.25) is 0 Å². The summed E-state index contributed by atoms with van der Waals surface area (Å²) in [6, 6.07) is 19.6. The second-order valence-electron chi connectivity index (χ2n) is 9.31. The normalized spacial score (nSPS) is 13.8. The Morgan fingerprint density at radius 3 is 2.06 bits per heavy atom. The van der Waals surface area contributed by atoms with Crippen LogP contribution < -0.4 is 0 Å². The van der Waals surface area contributed by atoms with E-state index >= 15 is 0 Å². The minimum absolute atomic E-state index is 0.187. The third-order valence-electron chi connectivity index (χ3n) is 5.95. The van der Waals surface area contributed by atoms with E-state index in [4.69, 9.17) is 9.47 Å². The fraction of sp³-hybridized carbons (Fsp3) is 0.344. The number of rotatable bonds is 16. The van der Waals surface area contributed by atoms with Crippen molar-refractivity contribution in [2.45, 2.75) is 65.1 Å². The van der Waals surface area contributed by atoms with Gasteiger partial charge in [-0.25, -0.2) is 4.79 Å². The van der Waals surface area contributed by atoms with Crippen LogP contribution >= 0.6 is 0 Å². The van der Waals surface area contributed by atoms with Gasteiger partial charge in [0.05, 0.1) is 0 Å². The largest absolute Gasteiger partial charge is 0.464 e. The number of esters is 1. The molecular weight excluding hydrogens is 448 g/mol. The number of hydrogen-bond donors (Lipinski definition) is 0.